The first-order valence-corrected chi connectivity index (χ1v) is 6.04. The number of likely N-dealkylation sites (N-methyl/N-ethyl adjacent to an activating group) is 1. The van der Waals surface area contributed by atoms with E-state index in [2.05, 4.69) is 0 Å². The molecular weight excluding hydrogens is 220 g/mol. The first-order chi connectivity index (χ1) is 7.93. The van der Waals surface area contributed by atoms with Crippen LogP contribution in [-0.2, 0) is 14.3 Å². The molecule has 1 unspecified atom stereocenters. The molecule has 0 spiro atoms. The first kappa shape index (κ1) is 15.9. The summed E-state index contributed by atoms with van der Waals surface area (Å²) in [6.07, 6.45) is 0.893. The maximum Gasteiger partial charge on any atom is 0.320 e. The van der Waals surface area contributed by atoms with Gasteiger partial charge in [-0.05, 0) is 26.8 Å². The van der Waals surface area contributed by atoms with Crippen LogP contribution in [0.25, 0.3) is 0 Å². The zero-order valence-electron chi connectivity index (χ0n) is 11.5. The Morgan fingerprint density at radius 2 is 1.82 bits per heavy atom. The summed E-state index contributed by atoms with van der Waals surface area (Å²) in [6, 6.07) is -0.297. The molecule has 0 saturated heterocycles. The van der Waals surface area contributed by atoms with Crippen LogP contribution in [0.15, 0.2) is 0 Å². The molecule has 0 heterocycles. The molecular formula is C12H24N2O3. The molecule has 0 N–H and O–H groups in total. The van der Waals surface area contributed by atoms with Gasteiger partial charge in [-0.2, -0.15) is 0 Å². The van der Waals surface area contributed by atoms with Crippen LogP contribution in [0.1, 0.15) is 27.2 Å². The second-order valence-corrected chi connectivity index (χ2v) is 4.18. The van der Waals surface area contributed by atoms with Crippen LogP contribution in [0.5, 0.6) is 0 Å². The highest BCUT2D eigenvalue weighted by molar-refractivity contribution is 5.82. The van der Waals surface area contributed by atoms with E-state index in [1.54, 1.807) is 25.9 Å². The lowest BCUT2D eigenvalue weighted by molar-refractivity contribution is -0.146. The van der Waals surface area contributed by atoms with Gasteiger partial charge >= 0.3 is 5.97 Å². The molecule has 0 saturated carbocycles. The Balaban J connectivity index is 4.50. The average molecular weight is 244 g/mol. The molecule has 0 aliphatic carbocycles. The molecule has 0 aliphatic rings. The van der Waals surface area contributed by atoms with Crippen LogP contribution < -0.4 is 0 Å². The van der Waals surface area contributed by atoms with Gasteiger partial charge in [0.05, 0.1) is 19.2 Å². The van der Waals surface area contributed by atoms with E-state index in [1.807, 2.05) is 18.7 Å². The number of amides is 1. The summed E-state index contributed by atoms with van der Waals surface area (Å²) >= 11 is 0. The molecule has 0 bridgehead atoms. The average Bonchev–Trinajstić information content (AvgIpc) is 2.26. The molecule has 100 valence electrons. The zero-order chi connectivity index (χ0) is 13.4. The van der Waals surface area contributed by atoms with Crippen molar-refractivity contribution in [3.8, 4) is 0 Å². The van der Waals surface area contributed by atoms with Gasteiger partial charge < -0.3 is 9.64 Å². The Morgan fingerprint density at radius 3 is 2.24 bits per heavy atom. The van der Waals surface area contributed by atoms with E-state index in [0.717, 1.165) is 6.42 Å². The summed E-state index contributed by atoms with van der Waals surface area (Å²) in [7, 11) is 3.43. The summed E-state index contributed by atoms with van der Waals surface area (Å²) < 4.78 is 4.90. The SMILES string of the molecule is CCCN(CC(=O)OCC)C(C)C(=O)N(C)C. The molecule has 0 fully saturated rings. The van der Waals surface area contributed by atoms with Crippen LogP contribution >= 0.6 is 0 Å². The summed E-state index contributed by atoms with van der Waals surface area (Å²) in [5.41, 5.74) is 0. The molecule has 0 rings (SSSR count). The molecule has 17 heavy (non-hydrogen) atoms. The maximum absolute atomic E-state index is 11.8. The van der Waals surface area contributed by atoms with Gasteiger partial charge in [0.2, 0.25) is 5.91 Å². The molecule has 0 aromatic heterocycles. The molecule has 0 aromatic carbocycles. The van der Waals surface area contributed by atoms with Crippen LogP contribution in [0.3, 0.4) is 0 Å². The molecule has 0 aromatic rings. The number of esters is 1. The van der Waals surface area contributed by atoms with Crippen LogP contribution in [0, 0.1) is 0 Å². The van der Waals surface area contributed by atoms with Crippen molar-refractivity contribution in [2.24, 2.45) is 0 Å². The monoisotopic (exact) mass is 244 g/mol. The quantitative estimate of drug-likeness (QED) is 0.620. The minimum Gasteiger partial charge on any atom is -0.465 e. The van der Waals surface area contributed by atoms with Crippen LogP contribution in [-0.4, -0.2) is 61.5 Å². The normalized spacial score (nSPS) is 12.4. The fourth-order valence-electron chi connectivity index (χ4n) is 1.60. The summed E-state index contributed by atoms with van der Waals surface area (Å²) in [5, 5.41) is 0. The Morgan fingerprint density at radius 1 is 1.24 bits per heavy atom. The third-order valence-electron chi connectivity index (χ3n) is 2.49. The Bertz CT molecular complexity index is 254. The number of carbonyl (C=O) groups is 2. The first-order valence-electron chi connectivity index (χ1n) is 6.04. The molecule has 5 heteroatoms. The predicted molar refractivity (Wildman–Crippen MR) is 66.7 cm³/mol. The number of ether oxygens (including phenoxy) is 1. The topological polar surface area (TPSA) is 49.9 Å². The van der Waals surface area contributed by atoms with Gasteiger partial charge in [-0.3, -0.25) is 14.5 Å². The van der Waals surface area contributed by atoms with Gasteiger partial charge in [-0.25, -0.2) is 0 Å². The lowest BCUT2D eigenvalue weighted by atomic mass is 10.2. The summed E-state index contributed by atoms with van der Waals surface area (Å²) in [4.78, 5) is 26.7. The van der Waals surface area contributed by atoms with Gasteiger partial charge in [0, 0.05) is 14.1 Å². The zero-order valence-corrected chi connectivity index (χ0v) is 11.5. The van der Waals surface area contributed by atoms with E-state index >= 15 is 0 Å². The second-order valence-electron chi connectivity index (χ2n) is 4.18. The Hall–Kier alpha value is -1.10. The fraction of sp³-hybridized carbons (Fsp3) is 0.833. The highest BCUT2D eigenvalue weighted by Crippen LogP contribution is 2.04. The second kappa shape index (κ2) is 8.06. The van der Waals surface area contributed by atoms with E-state index in [4.69, 9.17) is 4.74 Å². The molecule has 0 radical (unpaired) electrons. The van der Waals surface area contributed by atoms with Gasteiger partial charge in [0.1, 0.15) is 0 Å². The van der Waals surface area contributed by atoms with E-state index in [-0.39, 0.29) is 24.5 Å². The molecule has 1 atom stereocenters. The van der Waals surface area contributed by atoms with Crippen molar-refractivity contribution in [3.05, 3.63) is 0 Å². The van der Waals surface area contributed by atoms with E-state index in [1.165, 1.54) is 0 Å². The number of carbonyl (C=O) groups excluding carboxylic acids is 2. The number of nitrogens with zero attached hydrogens (tertiary/aromatic N) is 2. The minimum absolute atomic E-state index is 0.00254. The van der Waals surface area contributed by atoms with Crippen molar-refractivity contribution in [1.29, 1.82) is 0 Å². The Kier molecular flexibility index (Phi) is 7.54. The summed E-state index contributed by atoms with van der Waals surface area (Å²) in [6.45, 7) is 6.86. The largest absolute Gasteiger partial charge is 0.465 e. The lowest BCUT2D eigenvalue weighted by Gasteiger charge is -2.28. The lowest BCUT2D eigenvalue weighted by Crippen LogP contribution is -2.47. The highest BCUT2D eigenvalue weighted by atomic mass is 16.5. The van der Waals surface area contributed by atoms with Crippen molar-refractivity contribution >= 4 is 11.9 Å². The van der Waals surface area contributed by atoms with E-state index in [0.29, 0.717) is 13.2 Å². The van der Waals surface area contributed by atoms with E-state index < -0.39 is 0 Å². The molecule has 5 nitrogen and oxygen atoms in total. The number of hydrogen-bond acceptors (Lipinski definition) is 4. The number of hydrogen-bond donors (Lipinski definition) is 0. The van der Waals surface area contributed by atoms with E-state index in [9.17, 15) is 9.59 Å². The van der Waals surface area contributed by atoms with Crippen LogP contribution in [0.4, 0.5) is 0 Å². The third kappa shape index (κ3) is 5.68. The molecule has 1 amide bonds. The number of rotatable bonds is 7. The van der Waals surface area contributed by atoms with Crippen molar-refractivity contribution in [2.45, 2.75) is 33.2 Å². The predicted octanol–water partition coefficient (Wildman–Crippen LogP) is 0.738. The molecule has 0 aliphatic heterocycles. The highest BCUT2D eigenvalue weighted by Gasteiger charge is 2.24. The van der Waals surface area contributed by atoms with Crippen LogP contribution in [0.2, 0.25) is 0 Å². The standard InChI is InChI=1S/C12H24N2O3/c1-6-8-14(9-11(15)17-7-2)10(3)12(16)13(4)5/h10H,6-9H2,1-5H3. The van der Waals surface area contributed by atoms with Gasteiger partial charge in [0.25, 0.3) is 0 Å². The van der Waals surface area contributed by atoms with Gasteiger partial charge in [-0.15, -0.1) is 0 Å². The van der Waals surface area contributed by atoms with Crippen molar-refractivity contribution in [2.75, 3.05) is 33.8 Å². The third-order valence-corrected chi connectivity index (χ3v) is 2.49. The smallest absolute Gasteiger partial charge is 0.320 e. The van der Waals surface area contributed by atoms with Crippen molar-refractivity contribution in [3.63, 3.8) is 0 Å². The maximum atomic E-state index is 11.8. The van der Waals surface area contributed by atoms with Gasteiger partial charge in [-0.1, -0.05) is 6.92 Å². The fourth-order valence-corrected chi connectivity index (χ4v) is 1.60. The minimum atomic E-state index is -0.297. The van der Waals surface area contributed by atoms with Crippen molar-refractivity contribution in [1.82, 2.24) is 9.80 Å². The van der Waals surface area contributed by atoms with Gasteiger partial charge in [0.15, 0.2) is 0 Å². The van der Waals surface area contributed by atoms with Crippen molar-refractivity contribution < 1.29 is 14.3 Å². The Labute approximate surface area is 104 Å². The summed E-state index contributed by atoms with van der Waals surface area (Å²) in [5.74, 6) is -0.276.